The molecule has 0 saturated heterocycles. The first-order chi connectivity index (χ1) is 7.43. The smallest absolute Gasteiger partial charge is 0.237 e. The summed E-state index contributed by atoms with van der Waals surface area (Å²) in [4.78, 5) is 11.5. The van der Waals surface area contributed by atoms with Crippen LogP contribution in [0.15, 0.2) is 18.2 Å². The lowest BCUT2D eigenvalue weighted by atomic mass is 9.98. The minimum absolute atomic E-state index is 0. The summed E-state index contributed by atoms with van der Waals surface area (Å²) in [7, 11) is 0. The standard InChI is InChI=1S/C13H20N2O.ClH/c1-8-6-5-7-12(9(8)2)11(4)15-13(16)10(3)14;/h5-7,10-11H,14H2,1-4H3,(H,15,16);1H/t10-,11?;/m0./s1. The second kappa shape index (κ2) is 6.62. The summed E-state index contributed by atoms with van der Waals surface area (Å²) in [5.74, 6) is -0.117. The summed E-state index contributed by atoms with van der Waals surface area (Å²) >= 11 is 0. The number of carbonyl (C=O) groups is 1. The van der Waals surface area contributed by atoms with Crippen LogP contribution in [0.3, 0.4) is 0 Å². The summed E-state index contributed by atoms with van der Waals surface area (Å²) in [6, 6.07) is 5.64. The van der Waals surface area contributed by atoms with Crippen LogP contribution in [-0.4, -0.2) is 11.9 Å². The molecular formula is C13H21ClN2O. The van der Waals surface area contributed by atoms with Crippen LogP contribution in [0, 0.1) is 13.8 Å². The number of benzene rings is 1. The van der Waals surface area contributed by atoms with Crippen LogP contribution in [0.2, 0.25) is 0 Å². The van der Waals surface area contributed by atoms with Gasteiger partial charge < -0.3 is 11.1 Å². The fraction of sp³-hybridized carbons (Fsp3) is 0.462. The van der Waals surface area contributed by atoms with Crippen LogP contribution in [0.25, 0.3) is 0 Å². The van der Waals surface area contributed by atoms with E-state index >= 15 is 0 Å². The van der Waals surface area contributed by atoms with Crippen molar-refractivity contribution >= 4 is 18.3 Å². The summed E-state index contributed by atoms with van der Waals surface area (Å²) in [5.41, 5.74) is 9.12. The SMILES string of the molecule is Cc1cccc(C(C)NC(=O)[C@H](C)N)c1C.Cl. The van der Waals surface area contributed by atoms with E-state index in [9.17, 15) is 4.79 Å². The lowest BCUT2D eigenvalue weighted by Gasteiger charge is -2.19. The van der Waals surface area contributed by atoms with Crippen LogP contribution in [0.4, 0.5) is 0 Å². The summed E-state index contributed by atoms with van der Waals surface area (Å²) < 4.78 is 0. The molecule has 2 atom stereocenters. The molecule has 0 bridgehead atoms. The monoisotopic (exact) mass is 256 g/mol. The molecule has 4 heteroatoms. The van der Waals surface area contributed by atoms with E-state index in [1.807, 2.05) is 19.1 Å². The average molecular weight is 257 g/mol. The molecule has 1 unspecified atom stereocenters. The molecule has 17 heavy (non-hydrogen) atoms. The van der Waals surface area contributed by atoms with Gasteiger partial charge in [-0.1, -0.05) is 18.2 Å². The zero-order chi connectivity index (χ0) is 12.3. The summed E-state index contributed by atoms with van der Waals surface area (Å²) in [6.07, 6.45) is 0. The van der Waals surface area contributed by atoms with Crippen molar-refractivity contribution in [3.8, 4) is 0 Å². The number of aryl methyl sites for hydroxylation is 1. The van der Waals surface area contributed by atoms with Crippen molar-refractivity contribution in [2.45, 2.75) is 39.8 Å². The summed E-state index contributed by atoms with van der Waals surface area (Å²) in [5, 5.41) is 2.90. The predicted molar refractivity (Wildman–Crippen MR) is 73.4 cm³/mol. The Morgan fingerprint density at radius 2 is 1.88 bits per heavy atom. The topological polar surface area (TPSA) is 55.1 Å². The van der Waals surface area contributed by atoms with Gasteiger partial charge in [-0.3, -0.25) is 4.79 Å². The van der Waals surface area contributed by atoms with Crippen LogP contribution in [-0.2, 0) is 4.79 Å². The van der Waals surface area contributed by atoms with Crippen LogP contribution in [0.1, 0.15) is 36.6 Å². The number of hydrogen-bond donors (Lipinski definition) is 2. The number of hydrogen-bond acceptors (Lipinski definition) is 2. The first-order valence-electron chi connectivity index (χ1n) is 5.55. The molecule has 0 spiro atoms. The molecule has 3 nitrogen and oxygen atoms in total. The van der Waals surface area contributed by atoms with E-state index in [1.165, 1.54) is 11.1 Å². The molecule has 0 saturated carbocycles. The molecule has 0 aliphatic rings. The van der Waals surface area contributed by atoms with Crippen molar-refractivity contribution in [1.82, 2.24) is 5.32 Å². The van der Waals surface area contributed by atoms with Crippen LogP contribution < -0.4 is 11.1 Å². The Morgan fingerprint density at radius 1 is 1.29 bits per heavy atom. The van der Waals surface area contributed by atoms with E-state index in [1.54, 1.807) is 6.92 Å². The molecule has 3 N–H and O–H groups in total. The zero-order valence-corrected chi connectivity index (χ0v) is 11.6. The molecule has 1 aromatic carbocycles. The molecule has 1 amide bonds. The van der Waals surface area contributed by atoms with Gasteiger partial charge in [0.15, 0.2) is 0 Å². The molecule has 0 aromatic heterocycles. The third-order valence-corrected chi connectivity index (χ3v) is 2.89. The average Bonchev–Trinajstić information content (AvgIpc) is 2.21. The van der Waals surface area contributed by atoms with Crippen molar-refractivity contribution in [3.05, 3.63) is 34.9 Å². The second-order valence-corrected chi connectivity index (χ2v) is 4.31. The van der Waals surface area contributed by atoms with E-state index in [0.29, 0.717) is 0 Å². The van der Waals surface area contributed by atoms with Crippen LogP contribution in [0.5, 0.6) is 0 Å². The van der Waals surface area contributed by atoms with Gasteiger partial charge in [0.2, 0.25) is 5.91 Å². The highest BCUT2D eigenvalue weighted by atomic mass is 35.5. The lowest BCUT2D eigenvalue weighted by Crippen LogP contribution is -2.39. The van der Waals surface area contributed by atoms with Gasteiger partial charge in [0, 0.05) is 0 Å². The van der Waals surface area contributed by atoms with Crippen molar-refractivity contribution < 1.29 is 4.79 Å². The Hall–Kier alpha value is -1.06. The van der Waals surface area contributed by atoms with Gasteiger partial charge in [-0.15, -0.1) is 12.4 Å². The molecule has 0 radical (unpaired) electrons. The number of nitrogens with two attached hydrogens (primary N) is 1. The Kier molecular flexibility index (Phi) is 6.21. The van der Waals surface area contributed by atoms with E-state index in [2.05, 4.69) is 25.2 Å². The van der Waals surface area contributed by atoms with Gasteiger partial charge in [0.05, 0.1) is 12.1 Å². The maximum Gasteiger partial charge on any atom is 0.237 e. The maximum absolute atomic E-state index is 11.5. The van der Waals surface area contributed by atoms with Crippen molar-refractivity contribution in [2.24, 2.45) is 5.73 Å². The maximum atomic E-state index is 11.5. The Balaban J connectivity index is 0.00000256. The molecule has 0 aliphatic heterocycles. The van der Waals surface area contributed by atoms with Gasteiger partial charge >= 0.3 is 0 Å². The Morgan fingerprint density at radius 3 is 2.41 bits per heavy atom. The third-order valence-electron chi connectivity index (χ3n) is 2.89. The van der Waals surface area contributed by atoms with Gasteiger partial charge in [-0.05, 0) is 44.4 Å². The molecule has 0 aliphatic carbocycles. The number of amides is 1. The highest BCUT2D eigenvalue weighted by Crippen LogP contribution is 2.19. The number of nitrogens with one attached hydrogen (secondary N) is 1. The van der Waals surface area contributed by atoms with E-state index < -0.39 is 6.04 Å². The lowest BCUT2D eigenvalue weighted by molar-refractivity contribution is -0.122. The number of rotatable bonds is 3. The second-order valence-electron chi connectivity index (χ2n) is 4.31. The summed E-state index contributed by atoms with van der Waals surface area (Å²) in [6.45, 7) is 7.80. The quantitative estimate of drug-likeness (QED) is 0.872. The van der Waals surface area contributed by atoms with E-state index in [-0.39, 0.29) is 24.4 Å². The molecule has 0 heterocycles. The Labute approximate surface area is 109 Å². The van der Waals surface area contributed by atoms with E-state index in [0.717, 1.165) is 5.56 Å². The molecule has 1 aromatic rings. The Bertz CT molecular complexity index is 391. The first kappa shape index (κ1) is 15.9. The largest absolute Gasteiger partial charge is 0.348 e. The highest BCUT2D eigenvalue weighted by Gasteiger charge is 2.14. The number of halogens is 1. The normalized spacial score (nSPS) is 13.5. The first-order valence-corrected chi connectivity index (χ1v) is 5.55. The molecule has 96 valence electrons. The molecule has 1 rings (SSSR count). The minimum atomic E-state index is -0.465. The van der Waals surface area contributed by atoms with E-state index in [4.69, 9.17) is 5.73 Å². The number of carbonyl (C=O) groups excluding carboxylic acids is 1. The predicted octanol–water partition coefficient (Wildman–Crippen LogP) is 2.25. The zero-order valence-electron chi connectivity index (χ0n) is 10.8. The van der Waals surface area contributed by atoms with Gasteiger partial charge in [-0.2, -0.15) is 0 Å². The fourth-order valence-electron chi connectivity index (χ4n) is 1.67. The molecular weight excluding hydrogens is 236 g/mol. The van der Waals surface area contributed by atoms with Crippen LogP contribution >= 0.6 is 12.4 Å². The highest BCUT2D eigenvalue weighted by molar-refractivity contribution is 5.85. The van der Waals surface area contributed by atoms with Gasteiger partial charge in [0.1, 0.15) is 0 Å². The minimum Gasteiger partial charge on any atom is -0.348 e. The van der Waals surface area contributed by atoms with Gasteiger partial charge in [0.25, 0.3) is 0 Å². The van der Waals surface area contributed by atoms with Crippen molar-refractivity contribution in [3.63, 3.8) is 0 Å². The van der Waals surface area contributed by atoms with Crippen molar-refractivity contribution in [2.75, 3.05) is 0 Å². The fourth-order valence-corrected chi connectivity index (χ4v) is 1.67. The van der Waals surface area contributed by atoms with Gasteiger partial charge in [-0.25, -0.2) is 0 Å². The third kappa shape index (κ3) is 4.02. The van der Waals surface area contributed by atoms with Crippen molar-refractivity contribution in [1.29, 1.82) is 0 Å². The molecule has 0 fully saturated rings.